The standard InChI is InChI=1S/C34H43N7O8/c1-25(42)20-40-12-11-39(22-32(44)45)13-14-41(23-33(46)47)29(21-40)18-26-2-4-27(5-3-26)19-30(43)10-15-48-16-17-49-31-8-6-28(7-9-31)34-37-35-24-36-38-34/h2-9,24,29H,10-23H2,1H3,(H,44,45)(H,46,47). The van der Waals surface area contributed by atoms with Gasteiger partial charge in [0.05, 0.1) is 32.8 Å². The Balaban J connectivity index is 1.23. The number of benzene rings is 2. The van der Waals surface area contributed by atoms with E-state index in [2.05, 4.69) is 20.4 Å². The second-order valence-electron chi connectivity index (χ2n) is 12.0. The number of ether oxygens (including phenoxy) is 2. The number of hydrogen-bond acceptors (Lipinski definition) is 13. The maximum absolute atomic E-state index is 12.6. The minimum atomic E-state index is -0.974. The van der Waals surface area contributed by atoms with Gasteiger partial charge in [0.25, 0.3) is 0 Å². The second kappa shape index (κ2) is 19.3. The average molecular weight is 678 g/mol. The van der Waals surface area contributed by atoms with Crippen LogP contribution in [0.4, 0.5) is 0 Å². The topological polar surface area (TPSA) is 188 Å². The zero-order valence-electron chi connectivity index (χ0n) is 27.6. The molecule has 0 spiro atoms. The maximum atomic E-state index is 12.6. The highest BCUT2D eigenvalue weighted by molar-refractivity contribution is 5.81. The molecule has 0 bridgehead atoms. The van der Waals surface area contributed by atoms with Crippen LogP contribution in [0.25, 0.3) is 11.4 Å². The van der Waals surface area contributed by atoms with Crippen molar-refractivity contribution in [2.75, 3.05) is 72.2 Å². The van der Waals surface area contributed by atoms with Crippen molar-refractivity contribution < 1.29 is 38.9 Å². The lowest BCUT2D eigenvalue weighted by Gasteiger charge is -2.33. The van der Waals surface area contributed by atoms with E-state index in [0.717, 1.165) is 16.7 Å². The first kappa shape index (κ1) is 37.1. The number of ketones is 2. The number of hydrogen-bond donors (Lipinski definition) is 2. The fraction of sp³-hybridized carbons (Fsp3) is 0.471. The Morgan fingerprint density at radius 3 is 2.10 bits per heavy atom. The van der Waals surface area contributed by atoms with Crippen LogP contribution >= 0.6 is 0 Å². The maximum Gasteiger partial charge on any atom is 0.317 e. The van der Waals surface area contributed by atoms with Crippen molar-refractivity contribution in [3.8, 4) is 17.1 Å². The molecule has 1 unspecified atom stereocenters. The predicted octanol–water partition coefficient (Wildman–Crippen LogP) is 1.12. The second-order valence-corrected chi connectivity index (χ2v) is 12.0. The molecule has 0 amide bonds. The summed E-state index contributed by atoms with van der Waals surface area (Å²) >= 11 is 0. The number of nitrogens with zero attached hydrogens (tertiary/aromatic N) is 7. The van der Waals surface area contributed by atoms with Crippen molar-refractivity contribution in [1.82, 2.24) is 35.1 Å². The predicted molar refractivity (Wildman–Crippen MR) is 177 cm³/mol. The average Bonchev–Trinajstić information content (AvgIpc) is 3.13. The molecule has 0 saturated carbocycles. The number of Topliss-reactive ketones (excluding diaryl/α,β-unsaturated/α-hetero) is 2. The molecule has 1 saturated heterocycles. The van der Waals surface area contributed by atoms with Gasteiger partial charge in [0.15, 0.2) is 6.33 Å². The third kappa shape index (κ3) is 13.4. The minimum Gasteiger partial charge on any atom is -0.491 e. The van der Waals surface area contributed by atoms with Crippen molar-refractivity contribution in [3.63, 3.8) is 0 Å². The fourth-order valence-electron chi connectivity index (χ4n) is 5.64. The van der Waals surface area contributed by atoms with Gasteiger partial charge in [0.1, 0.15) is 23.9 Å². The van der Waals surface area contributed by atoms with E-state index in [0.29, 0.717) is 63.9 Å². The zero-order valence-corrected chi connectivity index (χ0v) is 27.6. The quantitative estimate of drug-likeness (QED) is 0.182. The molecule has 1 fully saturated rings. The van der Waals surface area contributed by atoms with E-state index in [9.17, 15) is 29.4 Å². The van der Waals surface area contributed by atoms with Gasteiger partial charge in [-0.15, -0.1) is 20.4 Å². The van der Waals surface area contributed by atoms with Gasteiger partial charge in [-0.05, 0) is 48.7 Å². The molecule has 2 aromatic carbocycles. The Labute approximate surface area is 284 Å². The van der Waals surface area contributed by atoms with Crippen LogP contribution in [0.15, 0.2) is 54.9 Å². The molecule has 49 heavy (non-hydrogen) atoms. The third-order valence-electron chi connectivity index (χ3n) is 8.00. The van der Waals surface area contributed by atoms with Gasteiger partial charge >= 0.3 is 11.9 Å². The van der Waals surface area contributed by atoms with E-state index in [1.165, 1.54) is 13.3 Å². The van der Waals surface area contributed by atoms with Crippen molar-refractivity contribution in [3.05, 3.63) is 66.0 Å². The number of carbonyl (C=O) groups is 4. The Hall–Kier alpha value is -4.70. The molecule has 0 aliphatic carbocycles. The number of carbonyl (C=O) groups excluding carboxylic acids is 2. The summed E-state index contributed by atoms with van der Waals surface area (Å²) in [5.41, 5.74) is 2.61. The molecule has 1 aliphatic rings. The van der Waals surface area contributed by atoms with Crippen LogP contribution < -0.4 is 4.74 Å². The lowest BCUT2D eigenvalue weighted by atomic mass is 10.00. The van der Waals surface area contributed by atoms with E-state index in [1.54, 1.807) is 17.0 Å². The van der Waals surface area contributed by atoms with E-state index in [4.69, 9.17) is 9.47 Å². The molecule has 4 rings (SSSR count). The number of aliphatic carboxylic acids is 2. The van der Waals surface area contributed by atoms with Crippen LogP contribution in [0, 0.1) is 0 Å². The van der Waals surface area contributed by atoms with Gasteiger partial charge in [0.2, 0.25) is 5.82 Å². The van der Waals surface area contributed by atoms with Crippen LogP contribution in [0.2, 0.25) is 0 Å². The Kier molecular flexibility index (Phi) is 14.6. The normalized spacial score (nSPS) is 16.3. The van der Waals surface area contributed by atoms with Gasteiger partial charge in [-0.2, -0.15) is 0 Å². The van der Waals surface area contributed by atoms with Crippen molar-refractivity contribution in [2.45, 2.75) is 32.2 Å². The first-order valence-electron chi connectivity index (χ1n) is 16.2. The van der Waals surface area contributed by atoms with E-state index >= 15 is 0 Å². The summed E-state index contributed by atoms with van der Waals surface area (Å²) in [6, 6.07) is 14.7. The fourth-order valence-corrected chi connectivity index (χ4v) is 5.64. The monoisotopic (exact) mass is 677 g/mol. The molecule has 1 aliphatic heterocycles. The Bertz CT molecular complexity index is 1510. The van der Waals surface area contributed by atoms with Crippen LogP contribution in [0.3, 0.4) is 0 Å². The summed E-state index contributed by atoms with van der Waals surface area (Å²) in [7, 11) is 0. The van der Waals surface area contributed by atoms with Gasteiger partial charge in [-0.1, -0.05) is 24.3 Å². The van der Waals surface area contributed by atoms with Crippen LogP contribution in [-0.2, 0) is 36.8 Å². The highest BCUT2D eigenvalue weighted by atomic mass is 16.5. The first-order valence-corrected chi connectivity index (χ1v) is 16.2. The molecule has 15 heteroatoms. The number of rotatable bonds is 18. The lowest BCUT2D eigenvalue weighted by molar-refractivity contribution is -0.140. The summed E-state index contributed by atoms with van der Waals surface area (Å²) in [4.78, 5) is 53.4. The first-order chi connectivity index (χ1) is 23.6. The van der Waals surface area contributed by atoms with E-state index in [-0.39, 0.29) is 56.7 Å². The molecule has 0 radical (unpaired) electrons. The van der Waals surface area contributed by atoms with E-state index in [1.807, 2.05) is 46.2 Å². The molecule has 15 nitrogen and oxygen atoms in total. The molecular formula is C34H43N7O8. The van der Waals surface area contributed by atoms with Gasteiger partial charge in [-0.3, -0.25) is 33.9 Å². The molecule has 1 aromatic heterocycles. The van der Waals surface area contributed by atoms with E-state index < -0.39 is 11.9 Å². The smallest absolute Gasteiger partial charge is 0.317 e. The summed E-state index contributed by atoms with van der Waals surface area (Å²) in [6.45, 7) is 4.51. The summed E-state index contributed by atoms with van der Waals surface area (Å²) < 4.78 is 11.3. The van der Waals surface area contributed by atoms with Crippen LogP contribution in [0.5, 0.6) is 5.75 Å². The number of carboxylic acids is 2. The van der Waals surface area contributed by atoms with Crippen molar-refractivity contribution in [1.29, 1.82) is 0 Å². The number of aromatic nitrogens is 4. The third-order valence-corrected chi connectivity index (χ3v) is 8.00. The van der Waals surface area contributed by atoms with Gasteiger partial charge in [0, 0.05) is 57.2 Å². The van der Waals surface area contributed by atoms with Gasteiger partial charge in [-0.25, -0.2) is 0 Å². The summed E-state index contributed by atoms with van der Waals surface area (Å²) in [6.07, 6.45) is 2.34. The zero-order chi connectivity index (χ0) is 35.0. The molecule has 2 heterocycles. The molecule has 3 aromatic rings. The van der Waals surface area contributed by atoms with Crippen LogP contribution in [-0.4, -0.2) is 147 Å². The largest absolute Gasteiger partial charge is 0.491 e. The Morgan fingerprint density at radius 2 is 1.43 bits per heavy atom. The number of carboxylic acid groups (broad SMARTS) is 2. The highest BCUT2D eigenvalue weighted by Gasteiger charge is 2.27. The highest BCUT2D eigenvalue weighted by Crippen LogP contribution is 2.18. The van der Waals surface area contributed by atoms with Gasteiger partial charge < -0.3 is 19.7 Å². The van der Waals surface area contributed by atoms with Crippen LogP contribution in [0.1, 0.15) is 24.5 Å². The molecular weight excluding hydrogens is 634 g/mol. The SMILES string of the molecule is CC(=O)CN1CCN(CC(=O)O)CCN(CC(=O)O)C(Cc2ccc(CC(=O)CCOCCOc3ccc(-c4nncnn4)cc3)cc2)C1. The molecule has 2 N–H and O–H groups in total. The van der Waals surface area contributed by atoms with Crippen molar-refractivity contribution >= 4 is 23.5 Å². The molecule has 1 atom stereocenters. The lowest BCUT2D eigenvalue weighted by Crippen LogP contribution is -2.48. The Morgan fingerprint density at radius 1 is 0.776 bits per heavy atom. The van der Waals surface area contributed by atoms with Crippen molar-refractivity contribution in [2.24, 2.45) is 0 Å². The summed E-state index contributed by atoms with van der Waals surface area (Å²) in [5.74, 6) is -0.804. The minimum absolute atomic E-state index is 0.0156. The summed E-state index contributed by atoms with van der Waals surface area (Å²) in [5, 5.41) is 34.3. The molecule has 262 valence electrons.